The minimum atomic E-state index is 0.594. The Balaban J connectivity index is 2.24. The highest BCUT2D eigenvalue weighted by atomic mass is 35.5. The number of nitrogens with two attached hydrogens (primary N) is 1. The molecule has 0 saturated carbocycles. The van der Waals surface area contributed by atoms with E-state index < -0.39 is 0 Å². The molecule has 1 heterocycles. The molecule has 0 aliphatic rings. The van der Waals surface area contributed by atoms with E-state index in [9.17, 15) is 0 Å². The Morgan fingerprint density at radius 1 is 1.27 bits per heavy atom. The van der Waals surface area contributed by atoms with Crippen LogP contribution >= 0.6 is 11.6 Å². The standard InChI is InChI=1S/C11H11ClN2O/c1-7-2-5-11(15-7)14-10-4-3-8(12)6-9(10)13/h2-6,14H,13H2,1H3. The van der Waals surface area contributed by atoms with Crippen molar-refractivity contribution in [3.8, 4) is 0 Å². The molecule has 1 aromatic heterocycles. The van der Waals surface area contributed by atoms with Gasteiger partial charge in [-0.15, -0.1) is 0 Å². The van der Waals surface area contributed by atoms with E-state index in [-0.39, 0.29) is 0 Å². The van der Waals surface area contributed by atoms with Crippen LogP contribution in [0.1, 0.15) is 5.76 Å². The van der Waals surface area contributed by atoms with Crippen LogP contribution in [0.25, 0.3) is 0 Å². The number of benzene rings is 1. The molecule has 78 valence electrons. The molecule has 2 rings (SSSR count). The molecule has 3 nitrogen and oxygen atoms in total. The molecule has 2 aromatic rings. The monoisotopic (exact) mass is 222 g/mol. The van der Waals surface area contributed by atoms with Crippen LogP contribution in [0.2, 0.25) is 5.02 Å². The fourth-order valence-corrected chi connectivity index (χ4v) is 1.46. The van der Waals surface area contributed by atoms with Crippen molar-refractivity contribution in [1.82, 2.24) is 0 Å². The minimum Gasteiger partial charge on any atom is -0.446 e. The van der Waals surface area contributed by atoms with Gasteiger partial charge in [0.2, 0.25) is 0 Å². The number of anilines is 3. The average Bonchev–Trinajstić information content (AvgIpc) is 2.56. The highest BCUT2D eigenvalue weighted by molar-refractivity contribution is 6.31. The Morgan fingerprint density at radius 3 is 2.67 bits per heavy atom. The third kappa shape index (κ3) is 2.25. The second-order valence-electron chi connectivity index (χ2n) is 3.27. The summed E-state index contributed by atoms with van der Waals surface area (Å²) >= 11 is 5.79. The Hall–Kier alpha value is -1.61. The number of hydrogen-bond donors (Lipinski definition) is 2. The quantitative estimate of drug-likeness (QED) is 0.764. The van der Waals surface area contributed by atoms with Gasteiger partial charge in [-0.05, 0) is 31.2 Å². The molecule has 0 aliphatic heterocycles. The number of nitrogens with one attached hydrogen (secondary N) is 1. The van der Waals surface area contributed by atoms with E-state index in [4.69, 9.17) is 21.8 Å². The van der Waals surface area contributed by atoms with Crippen LogP contribution < -0.4 is 11.1 Å². The molecule has 15 heavy (non-hydrogen) atoms. The Kier molecular flexibility index (Phi) is 2.56. The van der Waals surface area contributed by atoms with Crippen LogP contribution in [0, 0.1) is 6.92 Å². The van der Waals surface area contributed by atoms with Crippen LogP contribution in [0.4, 0.5) is 17.3 Å². The van der Waals surface area contributed by atoms with E-state index >= 15 is 0 Å². The second kappa shape index (κ2) is 3.87. The van der Waals surface area contributed by atoms with Gasteiger partial charge in [0.15, 0.2) is 5.88 Å². The molecule has 0 aliphatic carbocycles. The molecule has 0 radical (unpaired) electrons. The SMILES string of the molecule is Cc1ccc(Nc2ccc(Cl)cc2N)o1. The smallest absolute Gasteiger partial charge is 0.197 e. The molecule has 0 unspecified atom stereocenters. The summed E-state index contributed by atoms with van der Waals surface area (Å²) in [6.45, 7) is 1.89. The van der Waals surface area contributed by atoms with Crippen LogP contribution in [0.3, 0.4) is 0 Å². The van der Waals surface area contributed by atoms with Gasteiger partial charge in [0, 0.05) is 11.1 Å². The molecule has 0 fully saturated rings. The third-order valence-corrected chi connectivity index (χ3v) is 2.25. The zero-order chi connectivity index (χ0) is 10.8. The first kappa shape index (κ1) is 9.93. The van der Waals surface area contributed by atoms with E-state index in [1.54, 1.807) is 12.1 Å². The summed E-state index contributed by atoms with van der Waals surface area (Å²) in [5, 5.41) is 3.69. The highest BCUT2D eigenvalue weighted by Crippen LogP contribution is 2.26. The molecule has 0 amide bonds. The van der Waals surface area contributed by atoms with Crippen LogP contribution in [-0.4, -0.2) is 0 Å². The van der Waals surface area contributed by atoms with Gasteiger partial charge in [-0.1, -0.05) is 11.6 Å². The third-order valence-electron chi connectivity index (χ3n) is 2.01. The minimum absolute atomic E-state index is 0.594. The van der Waals surface area contributed by atoms with Crippen molar-refractivity contribution in [3.05, 3.63) is 41.1 Å². The van der Waals surface area contributed by atoms with Crippen LogP contribution in [-0.2, 0) is 0 Å². The predicted octanol–water partition coefficient (Wildman–Crippen LogP) is 3.57. The molecular formula is C11H11ClN2O. The summed E-state index contributed by atoms with van der Waals surface area (Å²) in [7, 11) is 0. The van der Waals surface area contributed by atoms with Crippen LogP contribution in [0.5, 0.6) is 0 Å². The largest absolute Gasteiger partial charge is 0.446 e. The number of furan rings is 1. The van der Waals surface area contributed by atoms with Crippen molar-refractivity contribution in [2.24, 2.45) is 0 Å². The predicted molar refractivity (Wildman–Crippen MR) is 62.6 cm³/mol. The molecular weight excluding hydrogens is 212 g/mol. The highest BCUT2D eigenvalue weighted by Gasteiger charge is 2.02. The summed E-state index contributed by atoms with van der Waals surface area (Å²) < 4.78 is 5.37. The van der Waals surface area contributed by atoms with E-state index in [1.165, 1.54) is 0 Å². The summed E-state index contributed by atoms with van der Waals surface area (Å²) in [4.78, 5) is 0. The molecule has 1 aromatic carbocycles. The van der Waals surface area contributed by atoms with Crippen molar-refractivity contribution in [1.29, 1.82) is 0 Å². The number of nitrogen functional groups attached to an aromatic ring is 1. The first-order chi connectivity index (χ1) is 7.15. The lowest BCUT2D eigenvalue weighted by Crippen LogP contribution is -1.94. The Bertz CT molecular complexity index is 479. The summed E-state index contributed by atoms with van der Waals surface area (Å²) in [5.74, 6) is 1.52. The topological polar surface area (TPSA) is 51.2 Å². The van der Waals surface area contributed by atoms with Gasteiger partial charge < -0.3 is 15.5 Å². The van der Waals surface area contributed by atoms with E-state index in [0.717, 1.165) is 11.4 Å². The van der Waals surface area contributed by atoms with Crippen molar-refractivity contribution < 1.29 is 4.42 Å². The van der Waals surface area contributed by atoms with Gasteiger partial charge in [-0.25, -0.2) is 0 Å². The number of rotatable bonds is 2. The summed E-state index contributed by atoms with van der Waals surface area (Å²) in [6, 6.07) is 9.02. The van der Waals surface area contributed by atoms with Crippen molar-refractivity contribution >= 4 is 28.9 Å². The summed E-state index contributed by atoms with van der Waals surface area (Å²) in [5.41, 5.74) is 7.17. The number of aryl methyl sites for hydroxylation is 1. The number of halogens is 1. The fraction of sp³-hybridized carbons (Fsp3) is 0.0909. The molecule has 0 saturated heterocycles. The first-order valence-electron chi connectivity index (χ1n) is 4.53. The molecule has 0 spiro atoms. The van der Waals surface area contributed by atoms with Gasteiger partial charge in [0.25, 0.3) is 0 Å². The zero-order valence-corrected chi connectivity index (χ0v) is 9.01. The maximum Gasteiger partial charge on any atom is 0.197 e. The van der Waals surface area contributed by atoms with Crippen molar-refractivity contribution in [2.75, 3.05) is 11.1 Å². The normalized spacial score (nSPS) is 10.3. The molecule has 4 heteroatoms. The lowest BCUT2D eigenvalue weighted by molar-refractivity contribution is 0.551. The van der Waals surface area contributed by atoms with Crippen molar-refractivity contribution in [2.45, 2.75) is 6.92 Å². The van der Waals surface area contributed by atoms with Crippen molar-refractivity contribution in [3.63, 3.8) is 0 Å². The lowest BCUT2D eigenvalue weighted by Gasteiger charge is -2.06. The Morgan fingerprint density at radius 2 is 2.07 bits per heavy atom. The first-order valence-corrected chi connectivity index (χ1v) is 4.91. The maximum absolute atomic E-state index is 5.79. The van der Waals surface area contributed by atoms with E-state index in [0.29, 0.717) is 16.6 Å². The molecule has 0 bridgehead atoms. The van der Waals surface area contributed by atoms with Gasteiger partial charge in [-0.3, -0.25) is 0 Å². The van der Waals surface area contributed by atoms with Gasteiger partial charge in [0.05, 0.1) is 11.4 Å². The molecule has 3 N–H and O–H groups in total. The average molecular weight is 223 g/mol. The fourth-order valence-electron chi connectivity index (χ4n) is 1.28. The Labute approximate surface area is 92.8 Å². The van der Waals surface area contributed by atoms with Gasteiger partial charge in [0.1, 0.15) is 5.76 Å². The van der Waals surface area contributed by atoms with E-state index in [2.05, 4.69) is 5.32 Å². The summed E-state index contributed by atoms with van der Waals surface area (Å²) in [6.07, 6.45) is 0. The lowest BCUT2D eigenvalue weighted by atomic mass is 10.2. The van der Waals surface area contributed by atoms with Crippen LogP contribution in [0.15, 0.2) is 34.7 Å². The number of hydrogen-bond acceptors (Lipinski definition) is 3. The second-order valence-corrected chi connectivity index (χ2v) is 3.70. The van der Waals surface area contributed by atoms with E-state index in [1.807, 2.05) is 25.1 Å². The zero-order valence-electron chi connectivity index (χ0n) is 8.25. The molecule has 0 atom stereocenters. The maximum atomic E-state index is 5.79. The van der Waals surface area contributed by atoms with Gasteiger partial charge >= 0.3 is 0 Å². The van der Waals surface area contributed by atoms with Gasteiger partial charge in [-0.2, -0.15) is 0 Å².